The lowest BCUT2D eigenvalue weighted by Gasteiger charge is -1.92. The van der Waals surface area contributed by atoms with E-state index >= 15 is 0 Å². The Bertz CT molecular complexity index is 555. The minimum absolute atomic E-state index is 0.0544. The van der Waals surface area contributed by atoms with Gasteiger partial charge in [-0.1, -0.05) is 6.07 Å². The van der Waals surface area contributed by atoms with Crippen LogP contribution in [0, 0.1) is 6.92 Å². The molecule has 0 unspecified atom stereocenters. The average Bonchev–Trinajstić information content (AvgIpc) is 2.67. The Morgan fingerprint density at radius 2 is 2.24 bits per heavy atom. The fourth-order valence-electron chi connectivity index (χ4n) is 1.57. The second kappa shape index (κ2) is 4.74. The Labute approximate surface area is 99.6 Å². The molecule has 0 fully saturated rings. The van der Waals surface area contributed by atoms with Crippen LogP contribution in [0.4, 0.5) is 0 Å². The Morgan fingerprint density at radius 3 is 2.82 bits per heavy atom. The van der Waals surface area contributed by atoms with E-state index in [0.29, 0.717) is 5.56 Å². The number of carbonyl (C=O) groups is 1. The van der Waals surface area contributed by atoms with Crippen molar-refractivity contribution < 1.29 is 4.79 Å². The third-order valence-electron chi connectivity index (χ3n) is 2.37. The van der Waals surface area contributed by atoms with Crippen molar-refractivity contribution in [3.8, 4) is 0 Å². The van der Waals surface area contributed by atoms with Gasteiger partial charge in [0.1, 0.15) is 0 Å². The summed E-state index contributed by atoms with van der Waals surface area (Å²) in [7, 11) is 1.80. The molecule has 0 saturated carbocycles. The summed E-state index contributed by atoms with van der Waals surface area (Å²) in [5.74, 6) is -0.0544. The van der Waals surface area contributed by atoms with E-state index in [1.54, 1.807) is 30.2 Å². The van der Waals surface area contributed by atoms with Crippen molar-refractivity contribution in [3.05, 3.63) is 53.6 Å². The number of aryl methyl sites for hydroxylation is 2. The Hall–Kier alpha value is -2.23. The molecule has 86 valence electrons. The molecule has 17 heavy (non-hydrogen) atoms. The lowest BCUT2D eigenvalue weighted by Crippen LogP contribution is -1.94. The predicted octanol–water partition coefficient (Wildman–Crippen LogP) is 2.02. The van der Waals surface area contributed by atoms with Crippen LogP contribution in [-0.2, 0) is 7.05 Å². The number of pyridine rings is 1. The number of allylic oxidation sites excluding steroid dienone is 1. The van der Waals surface area contributed by atoms with Crippen LogP contribution in [0.3, 0.4) is 0 Å². The molecule has 0 saturated heterocycles. The molecule has 0 aromatic carbocycles. The van der Waals surface area contributed by atoms with E-state index in [2.05, 4.69) is 10.1 Å². The summed E-state index contributed by atoms with van der Waals surface area (Å²) in [5.41, 5.74) is 2.13. The first-order valence-electron chi connectivity index (χ1n) is 5.30. The van der Waals surface area contributed by atoms with E-state index in [0.717, 1.165) is 11.4 Å². The van der Waals surface area contributed by atoms with Crippen molar-refractivity contribution in [2.24, 2.45) is 7.05 Å². The van der Waals surface area contributed by atoms with E-state index in [-0.39, 0.29) is 5.78 Å². The molecule has 0 amide bonds. The van der Waals surface area contributed by atoms with Crippen molar-refractivity contribution in [2.75, 3.05) is 0 Å². The number of nitrogens with zero attached hydrogens (tertiary/aromatic N) is 3. The molecule has 2 aromatic heterocycles. The number of rotatable bonds is 3. The van der Waals surface area contributed by atoms with Crippen molar-refractivity contribution in [2.45, 2.75) is 6.92 Å². The van der Waals surface area contributed by atoms with Gasteiger partial charge < -0.3 is 0 Å². The van der Waals surface area contributed by atoms with Gasteiger partial charge in [-0.3, -0.25) is 14.5 Å². The molecule has 2 aromatic rings. The standard InChI is InChI=1S/C13H13N3O/c1-10-12(9-16(2)15-10)13(17)7-6-11-5-3-4-8-14-11/h3-9H,1-2H3/b7-6+. The second-order valence-electron chi connectivity index (χ2n) is 3.75. The summed E-state index contributed by atoms with van der Waals surface area (Å²) in [4.78, 5) is 16.0. The summed E-state index contributed by atoms with van der Waals surface area (Å²) in [6.45, 7) is 1.82. The molecule has 0 aliphatic heterocycles. The van der Waals surface area contributed by atoms with Crippen LogP contribution in [0.1, 0.15) is 21.7 Å². The first-order valence-corrected chi connectivity index (χ1v) is 5.30. The van der Waals surface area contributed by atoms with Crippen molar-refractivity contribution in [1.82, 2.24) is 14.8 Å². The lowest BCUT2D eigenvalue weighted by molar-refractivity contribution is 0.104. The lowest BCUT2D eigenvalue weighted by atomic mass is 10.1. The SMILES string of the molecule is Cc1nn(C)cc1C(=O)/C=C/c1ccccn1. The molecule has 0 N–H and O–H groups in total. The molecule has 0 radical (unpaired) electrons. The van der Waals surface area contributed by atoms with Crippen LogP contribution >= 0.6 is 0 Å². The highest BCUT2D eigenvalue weighted by molar-refractivity contribution is 6.07. The zero-order chi connectivity index (χ0) is 12.3. The monoisotopic (exact) mass is 227 g/mol. The molecular weight excluding hydrogens is 214 g/mol. The quantitative estimate of drug-likeness (QED) is 0.595. The van der Waals surface area contributed by atoms with Gasteiger partial charge in [0, 0.05) is 19.4 Å². The maximum Gasteiger partial charge on any atom is 0.189 e. The van der Waals surface area contributed by atoms with Crippen LogP contribution in [-0.4, -0.2) is 20.5 Å². The third-order valence-corrected chi connectivity index (χ3v) is 2.37. The summed E-state index contributed by atoms with van der Waals surface area (Å²) in [6, 6.07) is 5.57. The average molecular weight is 227 g/mol. The number of carbonyl (C=O) groups excluding carboxylic acids is 1. The number of aromatic nitrogens is 3. The minimum Gasteiger partial charge on any atom is -0.289 e. The van der Waals surface area contributed by atoms with E-state index in [9.17, 15) is 4.79 Å². The smallest absolute Gasteiger partial charge is 0.189 e. The van der Waals surface area contributed by atoms with E-state index in [1.165, 1.54) is 6.08 Å². The van der Waals surface area contributed by atoms with Crippen molar-refractivity contribution in [1.29, 1.82) is 0 Å². The highest BCUT2D eigenvalue weighted by Crippen LogP contribution is 2.07. The molecule has 0 atom stereocenters. The third kappa shape index (κ3) is 2.66. The van der Waals surface area contributed by atoms with Crippen molar-refractivity contribution >= 4 is 11.9 Å². The highest BCUT2D eigenvalue weighted by atomic mass is 16.1. The van der Waals surface area contributed by atoms with Gasteiger partial charge in [-0.05, 0) is 31.2 Å². The molecule has 2 heterocycles. The first kappa shape index (κ1) is 11.3. The second-order valence-corrected chi connectivity index (χ2v) is 3.75. The number of hydrogen-bond acceptors (Lipinski definition) is 3. The largest absolute Gasteiger partial charge is 0.289 e. The van der Waals surface area contributed by atoms with E-state index < -0.39 is 0 Å². The van der Waals surface area contributed by atoms with Crippen LogP contribution < -0.4 is 0 Å². The Kier molecular flexibility index (Phi) is 3.14. The summed E-state index contributed by atoms with van der Waals surface area (Å²) >= 11 is 0. The van der Waals surface area contributed by atoms with Crippen LogP contribution in [0.15, 0.2) is 36.7 Å². The summed E-state index contributed by atoms with van der Waals surface area (Å²) in [6.07, 6.45) is 6.64. The van der Waals surface area contributed by atoms with Gasteiger partial charge in [0.15, 0.2) is 5.78 Å². The normalized spacial score (nSPS) is 10.9. The van der Waals surface area contributed by atoms with Gasteiger partial charge in [0.05, 0.1) is 17.0 Å². The fourth-order valence-corrected chi connectivity index (χ4v) is 1.57. The van der Waals surface area contributed by atoms with Crippen LogP contribution in [0.5, 0.6) is 0 Å². The molecule has 2 rings (SSSR count). The van der Waals surface area contributed by atoms with Crippen LogP contribution in [0.2, 0.25) is 0 Å². The summed E-state index contributed by atoms with van der Waals surface area (Å²) in [5, 5.41) is 4.13. The predicted molar refractivity (Wildman–Crippen MR) is 65.5 cm³/mol. The van der Waals surface area contributed by atoms with Gasteiger partial charge in [-0.25, -0.2) is 0 Å². The van der Waals surface area contributed by atoms with Gasteiger partial charge in [0.25, 0.3) is 0 Å². The maximum absolute atomic E-state index is 11.9. The number of ketones is 1. The maximum atomic E-state index is 11.9. The minimum atomic E-state index is -0.0544. The molecule has 0 spiro atoms. The number of hydrogen-bond donors (Lipinski definition) is 0. The molecule has 4 heteroatoms. The Morgan fingerprint density at radius 1 is 1.41 bits per heavy atom. The topological polar surface area (TPSA) is 47.8 Å². The van der Waals surface area contributed by atoms with E-state index in [1.807, 2.05) is 25.1 Å². The van der Waals surface area contributed by atoms with E-state index in [4.69, 9.17) is 0 Å². The Balaban J connectivity index is 2.18. The fraction of sp³-hybridized carbons (Fsp3) is 0.154. The molecule has 0 aliphatic carbocycles. The molecule has 0 bridgehead atoms. The molecule has 0 aliphatic rings. The van der Waals surface area contributed by atoms with Gasteiger partial charge >= 0.3 is 0 Å². The molecule has 4 nitrogen and oxygen atoms in total. The zero-order valence-corrected chi connectivity index (χ0v) is 9.79. The summed E-state index contributed by atoms with van der Waals surface area (Å²) < 4.78 is 1.64. The highest BCUT2D eigenvalue weighted by Gasteiger charge is 2.09. The van der Waals surface area contributed by atoms with Crippen molar-refractivity contribution in [3.63, 3.8) is 0 Å². The first-order chi connectivity index (χ1) is 8.16. The van der Waals surface area contributed by atoms with Gasteiger partial charge in [-0.15, -0.1) is 0 Å². The van der Waals surface area contributed by atoms with Crippen LogP contribution in [0.25, 0.3) is 6.08 Å². The zero-order valence-electron chi connectivity index (χ0n) is 9.79. The molecular formula is C13H13N3O. The van der Waals surface area contributed by atoms with Gasteiger partial charge in [-0.2, -0.15) is 5.10 Å². The van der Waals surface area contributed by atoms with Gasteiger partial charge in [0.2, 0.25) is 0 Å².